The summed E-state index contributed by atoms with van der Waals surface area (Å²) in [4.78, 5) is 12.9. The number of nitrogens with zero attached hydrogens (tertiary/aromatic N) is 1. The van der Waals surface area contributed by atoms with E-state index in [1.54, 1.807) is 14.1 Å². The number of carbonyl (C=O) groups excluding carboxylic acids is 1. The SMILES string of the molecule is CCC(N)c1ccccc1OCC(=O)N(C)C. The molecule has 1 aromatic rings. The van der Waals surface area contributed by atoms with Gasteiger partial charge in [-0.25, -0.2) is 0 Å². The number of amides is 1. The largest absolute Gasteiger partial charge is 0.483 e. The zero-order valence-electron chi connectivity index (χ0n) is 10.6. The van der Waals surface area contributed by atoms with Crippen LogP contribution >= 0.6 is 0 Å². The van der Waals surface area contributed by atoms with E-state index < -0.39 is 0 Å². The minimum atomic E-state index is -0.0649. The average Bonchev–Trinajstić information content (AvgIpc) is 2.35. The molecule has 1 aromatic carbocycles. The van der Waals surface area contributed by atoms with Crippen LogP contribution in [-0.2, 0) is 4.79 Å². The molecule has 0 aliphatic rings. The molecule has 94 valence electrons. The zero-order valence-corrected chi connectivity index (χ0v) is 10.6. The monoisotopic (exact) mass is 236 g/mol. The summed E-state index contributed by atoms with van der Waals surface area (Å²) in [6.45, 7) is 2.06. The number of para-hydroxylation sites is 1. The molecule has 1 amide bonds. The fourth-order valence-corrected chi connectivity index (χ4v) is 1.41. The summed E-state index contributed by atoms with van der Waals surface area (Å²) in [6, 6.07) is 7.52. The van der Waals surface area contributed by atoms with Gasteiger partial charge in [-0.1, -0.05) is 25.1 Å². The fraction of sp³-hybridized carbons (Fsp3) is 0.462. The third kappa shape index (κ3) is 3.75. The van der Waals surface area contributed by atoms with Gasteiger partial charge in [0.25, 0.3) is 5.91 Å². The highest BCUT2D eigenvalue weighted by atomic mass is 16.5. The van der Waals surface area contributed by atoms with E-state index in [4.69, 9.17) is 10.5 Å². The number of nitrogens with two attached hydrogens (primary N) is 1. The van der Waals surface area contributed by atoms with Crippen molar-refractivity contribution in [1.29, 1.82) is 0 Å². The summed E-state index contributed by atoms with van der Waals surface area (Å²) in [7, 11) is 3.41. The van der Waals surface area contributed by atoms with E-state index in [1.165, 1.54) is 4.90 Å². The first-order chi connectivity index (χ1) is 8.06. The van der Waals surface area contributed by atoms with Crippen molar-refractivity contribution < 1.29 is 9.53 Å². The second kappa shape index (κ2) is 6.25. The lowest BCUT2D eigenvalue weighted by Gasteiger charge is -2.16. The predicted molar refractivity (Wildman–Crippen MR) is 67.9 cm³/mol. The summed E-state index contributed by atoms with van der Waals surface area (Å²) in [5.74, 6) is 0.627. The predicted octanol–water partition coefficient (Wildman–Crippen LogP) is 1.56. The number of hydrogen-bond donors (Lipinski definition) is 1. The van der Waals surface area contributed by atoms with Crippen molar-refractivity contribution in [3.63, 3.8) is 0 Å². The molecule has 0 fully saturated rings. The van der Waals surface area contributed by atoms with Crippen molar-refractivity contribution in [1.82, 2.24) is 4.90 Å². The third-order valence-electron chi connectivity index (χ3n) is 2.61. The van der Waals surface area contributed by atoms with E-state index >= 15 is 0 Å². The molecule has 1 atom stereocenters. The Hall–Kier alpha value is -1.55. The molecule has 0 radical (unpaired) electrons. The van der Waals surface area contributed by atoms with Gasteiger partial charge in [-0.2, -0.15) is 0 Å². The minimum absolute atomic E-state index is 0.0421. The molecule has 1 unspecified atom stereocenters. The highest BCUT2D eigenvalue weighted by molar-refractivity contribution is 5.77. The normalized spacial score (nSPS) is 12.0. The van der Waals surface area contributed by atoms with Crippen molar-refractivity contribution >= 4 is 5.91 Å². The lowest BCUT2D eigenvalue weighted by atomic mass is 10.0. The van der Waals surface area contributed by atoms with Gasteiger partial charge in [-0.15, -0.1) is 0 Å². The van der Waals surface area contributed by atoms with Crippen LogP contribution in [0.1, 0.15) is 24.9 Å². The maximum Gasteiger partial charge on any atom is 0.259 e. The molecule has 0 aliphatic heterocycles. The maximum absolute atomic E-state index is 11.4. The van der Waals surface area contributed by atoms with Gasteiger partial charge in [0.1, 0.15) is 5.75 Å². The smallest absolute Gasteiger partial charge is 0.259 e. The number of likely N-dealkylation sites (N-methyl/N-ethyl adjacent to an activating group) is 1. The summed E-state index contributed by atoms with van der Waals surface area (Å²) in [6.07, 6.45) is 0.835. The van der Waals surface area contributed by atoms with E-state index in [0.29, 0.717) is 5.75 Å². The molecule has 0 bridgehead atoms. The van der Waals surface area contributed by atoms with E-state index in [1.807, 2.05) is 31.2 Å². The first kappa shape index (κ1) is 13.5. The van der Waals surface area contributed by atoms with Crippen LogP contribution in [0.2, 0.25) is 0 Å². The van der Waals surface area contributed by atoms with E-state index in [9.17, 15) is 4.79 Å². The van der Waals surface area contributed by atoms with Gasteiger partial charge in [0.05, 0.1) is 0 Å². The van der Waals surface area contributed by atoms with E-state index in [0.717, 1.165) is 12.0 Å². The maximum atomic E-state index is 11.4. The molecule has 0 saturated heterocycles. The molecule has 4 heteroatoms. The Morgan fingerprint density at radius 1 is 1.41 bits per heavy atom. The van der Waals surface area contributed by atoms with Gasteiger partial charge >= 0.3 is 0 Å². The van der Waals surface area contributed by atoms with Crippen LogP contribution in [0.25, 0.3) is 0 Å². The Kier molecular flexibility index (Phi) is 4.97. The minimum Gasteiger partial charge on any atom is -0.483 e. The zero-order chi connectivity index (χ0) is 12.8. The fourth-order valence-electron chi connectivity index (χ4n) is 1.41. The van der Waals surface area contributed by atoms with Gasteiger partial charge in [0.15, 0.2) is 6.61 Å². The quantitative estimate of drug-likeness (QED) is 0.844. The molecule has 0 spiro atoms. The Morgan fingerprint density at radius 3 is 2.65 bits per heavy atom. The van der Waals surface area contributed by atoms with Crippen molar-refractivity contribution in [2.24, 2.45) is 5.73 Å². The summed E-state index contributed by atoms with van der Waals surface area (Å²) in [5.41, 5.74) is 6.93. The summed E-state index contributed by atoms with van der Waals surface area (Å²) in [5, 5.41) is 0. The molecule has 1 rings (SSSR count). The van der Waals surface area contributed by atoms with Gasteiger partial charge in [0, 0.05) is 25.7 Å². The first-order valence-electron chi connectivity index (χ1n) is 5.73. The van der Waals surface area contributed by atoms with Gasteiger partial charge in [-0.3, -0.25) is 4.79 Å². The Balaban J connectivity index is 2.74. The van der Waals surface area contributed by atoms with Crippen LogP contribution in [0.5, 0.6) is 5.75 Å². The molecular weight excluding hydrogens is 216 g/mol. The molecule has 4 nitrogen and oxygen atoms in total. The van der Waals surface area contributed by atoms with Crippen LogP contribution in [0, 0.1) is 0 Å². The molecule has 0 aliphatic carbocycles. The Morgan fingerprint density at radius 2 is 2.06 bits per heavy atom. The molecule has 0 heterocycles. The van der Waals surface area contributed by atoms with Crippen LogP contribution < -0.4 is 10.5 Å². The first-order valence-corrected chi connectivity index (χ1v) is 5.73. The second-order valence-electron chi connectivity index (χ2n) is 4.13. The van der Waals surface area contributed by atoms with Crippen LogP contribution in [-0.4, -0.2) is 31.5 Å². The van der Waals surface area contributed by atoms with Crippen molar-refractivity contribution in [3.05, 3.63) is 29.8 Å². The van der Waals surface area contributed by atoms with E-state index in [2.05, 4.69) is 0 Å². The molecule has 17 heavy (non-hydrogen) atoms. The number of rotatable bonds is 5. The number of carbonyl (C=O) groups is 1. The third-order valence-corrected chi connectivity index (χ3v) is 2.61. The van der Waals surface area contributed by atoms with Crippen molar-refractivity contribution in [2.45, 2.75) is 19.4 Å². The number of hydrogen-bond acceptors (Lipinski definition) is 3. The lowest BCUT2D eigenvalue weighted by molar-refractivity contribution is -0.130. The lowest BCUT2D eigenvalue weighted by Crippen LogP contribution is -2.28. The summed E-state index contributed by atoms with van der Waals surface area (Å²) >= 11 is 0. The molecule has 0 aromatic heterocycles. The van der Waals surface area contributed by atoms with Gasteiger partial charge in [0.2, 0.25) is 0 Å². The van der Waals surface area contributed by atoms with Crippen molar-refractivity contribution in [3.8, 4) is 5.75 Å². The van der Waals surface area contributed by atoms with Crippen LogP contribution in [0.4, 0.5) is 0 Å². The Bertz CT molecular complexity index is 377. The Labute approximate surface area is 102 Å². The highest BCUT2D eigenvalue weighted by Crippen LogP contribution is 2.25. The van der Waals surface area contributed by atoms with Crippen molar-refractivity contribution in [2.75, 3.05) is 20.7 Å². The van der Waals surface area contributed by atoms with Gasteiger partial charge < -0.3 is 15.4 Å². The van der Waals surface area contributed by atoms with E-state index in [-0.39, 0.29) is 18.6 Å². The second-order valence-corrected chi connectivity index (χ2v) is 4.13. The average molecular weight is 236 g/mol. The topological polar surface area (TPSA) is 55.6 Å². The molecule has 2 N–H and O–H groups in total. The number of ether oxygens (including phenoxy) is 1. The van der Waals surface area contributed by atoms with Crippen LogP contribution in [0.3, 0.4) is 0 Å². The molecular formula is C13H20N2O2. The summed E-state index contributed by atoms with van der Waals surface area (Å²) < 4.78 is 5.51. The standard InChI is InChI=1S/C13H20N2O2/c1-4-11(14)10-7-5-6-8-12(10)17-9-13(16)15(2)3/h5-8,11H,4,9,14H2,1-3H3. The highest BCUT2D eigenvalue weighted by Gasteiger charge is 2.11. The molecule has 0 saturated carbocycles. The van der Waals surface area contributed by atoms with Gasteiger partial charge in [-0.05, 0) is 12.5 Å². The number of benzene rings is 1. The van der Waals surface area contributed by atoms with Crippen LogP contribution in [0.15, 0.2) is 24.3 Å².